The Morgan fingerprint density at radius 2 is 2.19 bits per heavy atom. The summed E-state index contributed by atoms with van der Waals surface area (Å²) in [6.07, 6.45) is 3.87. The minimum Gasteiger partial charge on any atom is -0.338 e. The predicted molar refractivity (Wildman–Crippen MR) is 79.0 cm³/mol. The molecule has 0 unspecified atom stereocenters. The molecule has 6 nitrogen and oxygen atoms in total. The van der Waals surface area contributed by atoms with E-state index in [0.29, 0.717) is 18.1 Å². The third-order valence-corrected chi connectivity index (χ3v) is 3.92. The number of fused-ring (bicyclic) bond motifs is 1. The fraction of sp³-hybridized carbons (Fsp3) is 0.400. The Morgan fingerprint density at radius 3 is 2.81 bits per heavy atom. The van der Waals surface area contributed by atoms with Gasteiger partial charge in [-0.05, 0) is 25.8 Å². The molecular weight excluding hydrogens is 270 g/mol. The number of non-ortho nitro benzene ring substituents is 1. The lowest BCUT2D eigenvalue weighted by atomic mass is 10.2. The van der Waals surface area contributed by atoms with Crippen LogP contribution in [-0.2, 0) is 11.3 Å². The number of benzene rings is 1. The monoisotopic (exact) mass is 287 g/mol. The van der Waals surface area contributed by atoms with Crippen molar-refractivity contribution in [2.24, 2.45) is 0 Å². The van der Waals surface area contributed by atoms with Crippen molar-refractivity contribution in [2.45, 2.75) is 32.4 Å². The van der Waals surface area contributed by atoms with Crippen molar-refractivity contribution in [3.05, 3.63) is 40.6 Å². The molecule has 1 heterocycles. The number of hydrogen-bond donors (Lipinski definition) is 0. The Bertz CT molecular complexity index is 703. The summed E-state index contributed by atoms with van der Waals surface area (Å²) in [6, 6.07) is 7.13. The highest BCUT2D eigenvalue weighted by atomic mass is 16.6. The number of aromatic nitrogens is 1. The van der Waals surface area contributed by atoms with Crippen LogP contribution in [0.4, 0.5) is 5.69 Å². The fourth-order valence-corrected chi connectivity index (χ4v) is 2.78. The van der Waals surface area contributed by atoms with E-state index in [9.17, 15) is 14.9 Å². The van der Waals surface area contributed by atoms with Gasteiger partial charge in [-0.3, -0.25) is 14.9 Å². The average molecular weight is 287 g/mol. The molecule has 3 rings (SSSR count). The summed E-state index contributed by atoms with van der Waals surface area (Å²) in [4.78, 5) is 25.0. The van der Waals surface area contributed by atoms with Gasteiger partial charge >= 0.3 is 0 Å². The number of nitrogens with zero attached hydrogens (tertiary/aromatic N) is 3. The summed E-state index contributed by atoms with van der Waals surface area (Å²) in [6.45, 7) is 2.80. The van der Waals surface area contributed by atoms with Gasteiger partial charge in [-0.15, -0.1) is 0 Å². The van der Waals surface area contributed by atoms with E-state index in [4.69, 9.17) is 0 Å². The van der Waals surface area contributed by atoms with Gasteiger partial charge in [0.15, 0.2) is 0 Å². The molecule has 1 aromatic heterocycles. The molecule has 0 atom stereocenters. The second kappa shape index (κ2) is 5.20. The number of rotatable bonds is 5. The highest BCUT2D eigenvalue weighted by molar-refractivity contribution is 5.90. The topological polar surface area (TPSA) is 68.4 Å². The fourth-order valence-electron chi connectivity index (χ4n) is 2.78. The van der Waals surface area contributed by atoms with Crippen LogP contribution in [0.3, 0.4) is 0 Å². The van der Waals surface area contributed by atoms with Crippen molar-refractivity contribution in [1.29, 1.82) is 0 Å². The summed E-state index contributed by atoms with van der Waals surface area (Å²) >= 11 is 0. The Kier molecular flexibility index (Phi) is 3.37. The van der Waals surface area contributed by atoms with E-state index in [1.165, 1.54) is 6.07 Å². The van der Waals surface area contributed by atoms with Crippen LogP contribution in [0.1, 0.15) is 19.8 Å². The van der Waals surface area contributed by atoms with Crippen LogP contribution in [0.2, 0.25) is 0 Å². The lowest BCUT2D eigenvalue weighted by Gasteiger charge is -2.20. The largest absolute Gasteiger partial charge is 0.338 e. The molecule has 1 fully saturated rings. The Morgan fingerprint density at radius 1 is 1.43 bits per heavy atom. The summed E-state index contributed by atoms with van der Waals surface area (Å²) in [7, 11) is 0. The smallest absolute Gasteiger partial charge is 0.293 e. The van der Waals surface area contributed by atoms with E-state index >= 15 is 0 Å². The van der Waals surface area contributed by atoms with Gasteiger partial charge in [0, 0.05) is 30.2 Å². The van der Waals surface area contributed by atoms with Gasteiger partial charge < -0.3 is 9.47 Å². The molecule has 0 saturated heterocycles. The Hall–Kier alpha value is -2.37. The molecule has 0 aliphatic heterocycles. The van der Waals surface area contributed by atoms with Crippen molar-refractivity contribution in [3.63, 3.8) is 0 Å². The van der Waals surface area contributed by atoms with Gasteiger partial charge in [0.05, 0.1) is 4.92 Å². The van der Waals surface area contributed by atoms with Gasteiger partial charge in [-0.1, -0.05) is 12.1 Å². The minimum atomic E-state index is -0.401. The first kappa shape index (κ1) is 13.6. The highest BCUT2D eigenvalue weighted by Crippen LogP contribution is 2.29. The van der Waals surface area contributed by atoms with Crippen molar-refractivity contribution in [2.75, 3.05) is 6.54 Å². The molecule has 0 spiro atoms. The van der Waals surface area contributed by atoms with E-state index < -0.39 is 4.92 Å². The molecule has 2 aromatic rings. The van der Waals surface area contributed by atoms with E-state index in [-0.39, 0.29) is 18.1 Å². The molecule has 1 saturated carbocycles. The first-order chi connectivity index (χ1) is 10.1. The normalized spacial score (nSPS) is 14.3. The third kappa shape index (κ3) is 2.49. The maximum atomic E-state index is 12.4. The van der Waals surface area contributed by atoms with Crippen LogP contribution in [0, 0.1) is 10.1 Å². The van der Waals surface area contributed by atoms with E-state index in [1.807, 2.05) is 24.0 Å². The third-order valence-electron chi connectivity index (χ3n) is 3.92. The molecule has 1 aliphatic rings. The SMILES string of the molecule is CCN(C(=O)Cn1ccc2cccc([N+](=O)[O-])c21)C1CC1. The molecule has 0 N–H and O–H groups in total. The summed E-state index contributed by atoms with van der Waals surface area (Å²) in [5.41, 5.74) is 0.558. The van der Waals surface area contributed by atoms with Crippen LogP contribution in [-0.4, -0.2) is 32.9 Å². The molecule has 1 aliphatic carbocycles. The molecule has 0 bridgehead atoms. The summed E-state index contributed by atoms with van der Waals surface area (Å²) < 4.78 is 1.68. The zero-order valence-electron chi connectivity index (χ0n) is 11.9. The Labute approximate surface area is 122 Å². The lowest BCUT2D eigenvalue weighted by Crippen LogP contribution is -2.35. The van der Waals surface area contributed by atoms with Crippen LogP contribution < -0.4 is 0 Å². The standard InChI is InChI=1S/C15H17N3O3/c1-2-17(12-6-7-12)14(19)10-16-9-8-11-4-3-5-13(15(11)16)18(20)21/h3-5,8-9,12H,2,6-7,10H2,1H3. The highest BCUT2D eigenvalue weighted by Gasteiger charge is 2.31. The van der Waals surface area contributed by atoms with Gasteiger partial charge in [0.1, 0.15) is 12.1 Å². The minimum absolute atomic E-state index is 0.0238. The quantitative estimate of drug-likeness (QED) is 0.627. The molecule has 1 aromatic carbocycles. The molecule has 1 amide bonds. The number of nitro benzene ring substituents is 1. The van der Waals surface area contributed by atoms with Crippen LogP contribution >= 0.6 is 0 Å². The van der Waals surface area contributed by atoms with Gasteiger partial charge in [0.2, 0.25) is 5.91 Å². The first-order valence-electron chi connectivity index (χ1n) is 7.13. The first-order valence-corrected chi connectivity index (χ1v) is 7.13. The number of carbonyl (C=O) groups excluding carboxylic acids is 1. The maximum Gasteiger partial charge on any atom is 0.293 e. The Balaban J connectivity index is 1.93. The predicted octanol–water partition coefficient (Wildman–Crippen LogP) is 2.56. The lowest BCUT2D eigenvalue weighted by molar-refractivity contribution is -0.383. The molecule has 6 heteroatoms. The number of para-hydroxylation sites is 1. The van der Waals surface area contributed by atoms with Crippen molar-refractivity contribution >= 4 is 22.5 Å². The molecular formula is C15H17N3O3. The number of nitro groups is 1. The molecule has 110 valence electrons. The van der Waals surface area contributed by atoms with E-state index in [2.05, 4.69) is 0 Å². The molecule has 0 radical (unpaired) electrons. The summed E-state index contributed by atoms with van der Waals surface area (Å²) in [5, 5.41) is 11.9. The summed E-state index contributed by atoms with van der Waals surface area (Å²) in [5.74, 6) is 0.0238. The van der Waals surface area contributed by atoms with E-state index in [1.54, 1.807) is 16.8 Å². The number of hydrogen-bond acceptors (Lipinski definition) is 3. The average Bonchev–Trinajstić information content (AvgIpc) is 3.21. The van der Waals surface area contributed by atoms with Gasteiger partial charge in [0.25, 0.3) is 5.69 Å². The zero-order chi connectivity index (χ0) is 15.0. The van der Waals surface area contributed by atoms with Crippen LogP contribution in [0.25, 0.3) is 10.9 Å². The second-order valence-electron chi connectivity index (χ2n) is 5.33. The zero-order valence-corrected chi connectivity index (χ0v) is 11.9. The van der Waals surface area contributed by atoms with Crippen LogP contribution in [0.5, 0.6) is 0 Å². The van der Waals surface area contributed by atoms with E-state index in [0.717, 1.165) is 18.2 Å². The van der Waals surface area contributed by atoms with Crippen molar-refractivity contribution in [3.8, 4) is 0 Å². The second-order valence-corrected chi connectivity index (χ2v) is 5.33. The van der Waals surface area contributed by atoms with Crippen molar-refractivity contribution < 1.29 is 9.72 Å². The van der Waals surface area contributed by atoms with Gasteiger partial charge in [-0.2, -0.15) is 0 Å². The number of amides is 1. The van der Waals surface area contributed by atoms with Crippen molar-refractivity contribution in [1.82, 2.24) is 9.47 Å². The molecule has 21 heavy (non-hydrogen) atoms. The van der Waals surface area contributed by atoms with Crippen LogP contribution in [0.15, 0.2) is 30.5 Å². The maximum absolute atomic E-state index is 12.4. The van der Waals surface area contributed by atoms with Gasteiger partial charge in [-0.25, -0.2) is 0 Å². The number of carbonyl (C=O) groups is 1. The number of likely N-dealkylation sites (N-methyl/N-ethyl adjacent to an activating group) is 1.